The molecule has 0 fully saturated rings. The molecule has 4 nitrogen and oxygen atoms in total. The lowest BCUT2D eigenvalue weighted by Crippen LogP contribution is -1.92. The van der Waals surface area contributed by atoms with Crippen LogP contribution in [-0.2, 0) is 0 Å². The molecule has 142 valence electrons. The fourth-order valence-corrected chi connectivity index (χ4v) is 3.65. The molecule has 0 radical (unpaired) electrons. The van der Waals surface area contributed by atoms with E-state index in [4.69, 9.17) is 116 Å². The molecular weight excluding hydrogens is 559 g/mol. The molecular formula is C12H2Cl10N2O2. The van der Waals surface area contributed by atoms with Crippen LogP contribution in [0.25, 0.3) is 0 Å². The summed E-state index contributed by atoms with van der Waals surface area (Å²) in [5, 5.41) is 10.2. The van der Waals surface area contributed by atoms with Gasteiger partial charge in [-0.25, -0.2) is 0 Å². The zero-order valence-electron chi connectivity index (χ0n) is 11.6. The minimum Gasteiger partial charge on any atom is -0.258 e. The summed E-state index contributed by atoms with van der Waals surface area (Å²) in [6, 6.07) is 3.12. The fourth-order valence-electron chi connectivity index (χ4n) is 1.40. The molecule has 0 aliphatic carbocycles. The molecule has 0 aliphatic heterocycles. The van der Waals surface area contributed by atoms with Gasteiger partial charge in [0.2, 0.25) is 0 Å². The number of nitro groups is 1. The number of hydrogen-bond acceptors (Lipinski definition) is 3. The number of anilines is 1. The van der Waals surface area contributed by atoms with Gasteiger partial charge in [-0.2, -0.15) is 3.94 Å². The first kappa shape index (κ1) is 24.6. The summed E-state index contributed by atoms with van der Waals surface area (Å²) < 4.78 is 0.824. The van der Waals surface area contributed by atoms with Crippen LogP contribution in [0.2, 0.25) is 40.2 Å². The number of hydrogen-bond donors (Lipinski definition) is 0. The van der Waals surface area contributed by atoms with Crippen molar-refractivity contribution < 1.29 is 4.92 Å². The molecule has 2 rings (SSSR count). The molecule has 0 heterocycles. The van der Waals surface area contributed by atoms with Gasteiger partial charge in [-0.05, 0) is 12.1 Å². The van der Waals surface area contributed by atoms with Crippen LogP contribution in [0.5, 0.6) is 0 Å². The minimum atomic E-state index is -0.779. The molecule has 14 heteroatoms. The largest absolute Gasteiger partial charge is 0.309 e. The quantitative estimate of drug-likeness (QED) is 0.121. The van der Waals surface area contributed by atoms with Crippen LogP contribution in [0.15, 0.2) is 12.1 Å². The molecule has 0 saturated carbocycles. The van der Waals surface area contributed by atoms with Gasteiger partial charge in [-0.3, -0.25) is 10.1 Å². The smallest absolute Gasteiger partial charge is 0.258 e. The Morgan fingerprint density at radius 2 is 1.12 bits per heavy atom. The van der Waals surface area contributed by atoms with Crippen LogP contribution in [0.3, 0.4) is 0 Å². The Bertz CT molecular complexity index is 830. The molecule has 0 aromatic heterocycles. The van der Waals surface area contributed by atoms with E-state index in [9.17, 15) is 10.1 Å². The van der Waals surface area contributed by atoms with Gasteiger partial charge in [0.05, 0.1) is 40.7 Å². The van der Waals surface area contributed by atoms with E-state index in [2.05, 4.69) is 0 Å². The lowest BCUT2D eigenvalue weighted by Gasteiger charge is -2.09. The molecule has 0 N–H and O–H groups in total. The van der Waals surface area contributed by atoms with Crippen molar-refractivity contribution in [1.29, 1.82) is 0 Å². The highest BCUT2D eigenvalue weighted by molar-refractivity contribution is 6.56. The highest BCUT2D eigenvalue weighted by atomic mass is 35.5. The van der Waals surface area contributed by atoms with Crippen LogP contribution < -0.4 is 3.94 Å². The van der Waals surface area contributed by atoms with E-state index in [1.165, 1.54) is 0 Å². The van der Waals surface area contributed by atoms with Crippen molar-refractivity contribution in [3.63, 3.8) is 0 Å². The van der Waals surface area contributed by atoms with Gasteiger partial charge >= 0.3 is 5.69 Å². The van der Waals surface area contributed by atoms with Crippen molar-refractivity contribution in [2.24, 2.45) is 0 Å². The van der Waals surface area contributed by atoms with E-state index in [0.717, 1.165) is 3.94 Å². The van der Waals surface area contributed by atoms with Gasteiger partial charge in [-0.1, -0.05) is 92.8 Å². The summed E-state index contributed by atoms with van der Waals surface area (Å²) in [4.78, 5) is 9.76. The second kappa shape index (κ2) is 10.4. The third-order valence-corrected chi connectivity index (χ3v) is 6.47. The Labute approximate surface area is 197 Å². The molecule has 26 heavy (non-hydrogen) atoms. The van der Waals surface area contributed by atoms with Crippen molar-refractivity contribution in [3.8, 4) is 0 Å². The van der Waals surface area contributed by atoms with Crippen molar-refractivity contribution >= 4 is 128 Å². The topological polar surface area (TPSA) is 46.4 Å². The highest BCUT2D eigenvalue weighted by Crippen LogP contribution is 2.47. The maximum Gasteiger partial charge on any atom is 0.309 e. The third kappa shape index (κ3) is 5.54. The predicted octanol–water partition coefficient (Wildman–Crippen LogP) is 9.62. The maximum absolute atomic E-state index is 10.5. The number of nitrogens with zero attached hydrogens (tertiary/aromatic N) is 2. The van der Waals surface area contributed by atoms with Crippen molar-refractivity contribution in [2.45, 2.75) is 0 Å². The summed E-state index contributed by atoms with van der Waals surface area (Å²) in [5.74, 6) is 0. The lowest BCUT2D eigenvalue weighted by molar-refractivity contribution is -0.384. The SMILES string of the molecule is Clc1ccc(N(Cl)Cl)c(Cl)c1Cl.O=[N+]([O-])c1c(Cl)c(Cl)c(Cl)c(Cl)c1Cl. The molecule has 0 unspecified atom stereocenters. The van der Waals surface area contributed by atoms with E-state index in [0.29, 0.717) is 10.7 Å². The van der Waals surface area contributed by atoms with Crippen molar-refractivity contribution in [3.05, 3.63) is 62.4 Å². The van der Waals surface area contributed by atoms with Gasteiger partial charge in [0.1, 0.15) is 10.0 Å². The Morgan fingerprint density at radius 3 is 1.50 bits per heavy atom. The van der Waals surface area contributed by atoms with E-state index < -0.39 is 10.6 Å². The zero-order valence-corrected chi connectivity index (χ0v) is 19.2. The molecule has 0 bridgehead atoms. The van der Waals surface area contributed by atoms with Gasteiger partial charge in [0, 0.05) is 23.6 Å². The van der Waals surface area contributed by atoms with Gasteiger partial charge in [-0.15, -0.1) is 0 Å². The standard InChI is InChI=1S/C6Cl5NO2.C6H2Cl5N/c7-1-2(8)4(10)6(12(13)14)5(11)3(1)9;7-3-1-2-4(12(10)11)6(9)5(3)8/h;1-2H. The zero-order chi connectivity index (χ0) is 20.3. The number of benzene rings is 2. The molecule has 0 amide bonds. The number of nitro benzene ring substituents is 1. The minimum absolute atomic E-state index is 0.103. The Balaban J connectivity index is 0.000000263. The average Bonchev–Trinajstić information content (AvgIpc) is 2.56. The summed E-state index contributed by atoms with van der Waals surface area (Å²) in [7, 11) is 0. The number of rotatable bonds is 2. The van der Waals surface area contributed by atoms with E-state index >= 15 is 0 Å². The van der Waals surface area contributed by atoms with Gasteiger partial charge in [0.15, 0.2) is 0 Å². The average molecular weight is 561 g/mol. The molecule has 2 aromatic rings. The van der Waals surface area contributed by atoms with Gasteiger partial charge in [0.25, 0.3) is 0 Å². The Kier molecular flexibility index (Phi) is 9.79. The van der Waals surface area contributed by atoms with E-state index in [1.54, 1.807) is 12.1 Å². The van der Waals surface area contributed by atoms with Gasteiger partial charge < -0.3 is 0 Å². The molecule has 0 spiro atoms. The fraction of sp³-hybridized carbons (Fsp3) is 0. The van der Waals surface area contributed by atoms with E-state index in [1.807, 2.05) is 0 Å². The van der Waals surface area contributed by atoms with Crippen LogP contribution in [0.1, 0.15) is 0 Å². The van der Waals surface area contributed by atoms with Crippen LogP contribution in [0.4, 0.5) is 11.4 Å². The molecule has 0 aliphatic rings. The maximum atomic E-state index is 10.5. The second-order valence-electron chi connectivity index (χ2n) is 4.10. The van der Waals surface area contributed by atoms with Crippen LogP contribution in [0, 0.1) is 10.1 Å². The number of halogens is 10. The summed E-state index contributed by atoms with van der Waals surface area (Å²) in [6.45, 7) is 0. The normalized spacial score (nSPS) is 10.2. The lowest BCUT2D eigenvalue weighted by atomic mass is 10.3. The first-order chi connectivity index (χ1) is 11.9. The third-order valence-electron chi connectivity index (χ3n) is 2.57. The molecule has 0 atom stereocenters. The Morgan fingerprint density at radius 1 is 0.692 bits per heavy atom. The molecule has 0 saturated heterocycles. The summed E-state index contributed by atoms with van der Waals surface area (Å²) >= 11 is 56.0. The highest BCUT2D eigenvalue weighted by Gasteiger charge is 2.27. The predicted molar refractivity (Wildman–Crippen MR) is 114 cm³/mol. The van der Waals surface area contributed by atoms with Crippen molar-refractivity contribution in [1.82, 2.24) is 0 Å². The van der Waals surface area contributed by atoms with Crippen LogP contribution >= 0.6 is 116 Å². The van der Waals surface area contributed by atoms with Crippen molar-refractivity contribution in [2.75, 3.05) is 3.94 Å². The second-order valence-corrected chi connectivity index (χ2v) is 8.01. The Hall–Kier alpha value is 0.540. The first-order valence-corrected chi connectivity index (χ1v) is 9.52. The molecule has 2 aromatic carbocycles. The first-order valence-electron chi connectivity index (χ1n) is 5.82. The summed E-state index contributed by atoms with van der Waals surface area (Å²) in [6.07, 6.45) is 0. The monoisotopic (exact) mass is 556 g/mol. The summed E-state index contributed by atoms with van der Waals surface area (Å²) in [5.41, 5.74) is -0.151. The van der Waals surface area contributed by atoms with Crippen LogP contribution in [-0.4, -0.2) is 4.92 Å². The van der Waals surface area contributed by atoms with E-state index in [-0.39, 0.29) is 35.2 Å².